The molecule has 0 aliphatic carbocycles. The zero-order chi connectivity index (χ0) is 16.6. The van der Waals surface area contributed by atoms with Gasteiger partial charge in [0, 0.05) is 5.56 Å². The third-order valence-corrected chi connectivity index (χ3v) is 3.46. The van der Waals surface area contributed by atoms with Crippen molar-refractivity contribution in [2.24, 2.45) is 0 Å². The minimum Gasteiger partial charge on any atom is -0.508 e. The molecule has 5 heteroatoms. The van der Waals surface area contributed by atoms with E-state index in [4.69, 9.17) is 0 Å². The van der Waals surface area contributed by atoms with Crippen molar-refractivity contribution >= 4 is 0 Å². The monoisotopic (exact) mass is 318 g/mol. The molecule has 0 spiro atoms. The summed E-state index contributed by atoms with van der Waals surface area (Å²) in [6.07, 6.45) is 0. The number of phenolic OH excluding ortho intramolecular Hbond substituents is 1. The summed E-state index contributed by atoms with van der Waals surface area (Å²) < 4.78 is 53.8. The number of phenols is 1. The molecule has 0 fully saturated rings. The number of benzene rings is 3. The van der Waals surface area contributed by atoms with Gasteiger partial charge in [0.1, 0.15) is 11.6 Å². The quantitative estimate of drug-likeness (QED) is 0.503. The van der Waals surface area contributed by atoms with Crippen LogP contribution in [0.15, 0.2) is 54.6 Å². The van der Waals surface area contributed by atoms with Gasteiger partial charge in [0.2, 0.25) is 0 Å². The lowest BCUT2D eigenvalue weighted by Gasteiger charge is -2.08. The van der Waals surface area contributed by atoms with E-state index in [0.29, 0.717) is 11.1 Å². The van der Waals surface area contributed by atoms with Gasteiger partial charge >= 0.3 is 0 Å². The molecular weight excluding hydrogens is 308 g/mol. The fourth-order valence-corrected chi connectivity index (χ4v) is 2.29. The third kappa shape index (κ3) is 2.90. The Kier molecular flexibility index (Phi) is 3.78. The summed E-state index contributed by atoms with van der Waals surface area (Å²) in [6.45, 7) is 0. The molecule has 0 aliphatic rings. The number of rotatable bonds is 2. The van der Waals surface area contributed by atoms with Gasteiger partial charge in [-0.25, -0.2) is 17.6 Å². The Balaban J connectivity index is 2.04. The van der Waals surface area contributed by atoms with Gasteiger partial charge < -0.3 is 5.11 Å². The lowest BCUT2D eigenvalue weighted by molar-refractivity contribution is 0.447. The zero-order valence-electron chi connectivity index (χ0n) is 11.7. The molecule has 23 heavy (non-hydrogen) atoms. The average Bonchev–Trinajstić information content (AvgIpc) is 2.53. The smallest absolute Gasteiger partial charge is 0.194 e. The predicted octanol–water partition coefficient (Wildman–Crippen LogP) is 5.28. The van der Waals surface area contributed by atoms with E-state index in [1.807, 2.05) is 0 Å². The Labute approximate surface area is 129 Å². The maximum absolute atomic E-state index is 14.3. The van der Waals surface area contributed by atoms with Crippen molar-refractivity contribution in [3.63, 3.8) is 0 Å². The van der Waals surface area contributed by atoms with Crippen molar-refractivity contribution in [3.8, 4) is 28.0 Å². The van der Waals surface area contributed by atoms with Crippen LogP contribution in [0.3, 0.4) is 0 Å². The second-order valence-corrected chi connectivity index (χ2v) is 5.00. The Hall–Kier alpha value is -2.82. The first-order chi connectivity index (χ1) is 11.0. The second kappa shape index (κ2) is 5.76. The van der Waals surface area contributed by atoms with Gasteiger partial charge in [-0.2, -0.15) is 0 Å². The molecule has 0 radical (unpaired) electrons. The largest absolute Gasteiger partial charge is 0.508 e. The van der Waals surface area contributed by atoms with E-state index < -0.39 is 23.3 Å². The van der Waals surface area contributed by atoms with Crippen LogP contribution in [0.25, 0.3) is 22.3 Å². The van der Waals surface area contributed by atoms with Crippen LogP contribution in [0.4, 0.5) is 17.6 Å². The highest BCUT2D eigenvalue weighted by atomic mass is 19.2. The highest BCUT2D eigenvalue weighted by Crippen LogP contribution is 2.30. The maximum Gasteiger partial charge on any atom is 0.194 e. The maximum atomic E-state index is 14.3. The van der Waals surface area contributed by atoms with E-state index in [1.165, 1.54) is 24.3 Å². The SMILES string of the molecule is Oc1ccc(-c2ccc(-c3cc(F)c(F)c(F)c3)c(F)c2)cc1. The molecule has 0 atom stereocenters. The molecule has 116 valence electrons. The molecule has 3 aromatic rings. The molecule has 3 aromatic carbocycles. The van der Waals surface area contributed by atoms with Crippen LogP contribution >= 0.6 is 0 Å². The molecule has 1 N–H and O–H groups in total. The Morgan fingerprint density at radius 3 is 1.65 bits per heavy atom. The summed E-state index contributed by atoms with van der Waals surface area (Å²) in [5, 5.41) is 9.25. The Morgan fingerprint density at radius 2 is 1.09 bits per heavy atom. The summed E-state index contributed by atoms with van der Waals surface area (Å²) in [7, 11) is 0. The third-order valence-electron chi connectivity index (χ3n) is 3.46. The molecule has 0 aromatic heterocycles. The van der Waals surface area contributed by atoms with Crippen molar-refractivity contribution < 1.29 is 22.7 Å². The van der Waals surface area contributed by atoms with E-state index in [0.717, 1.165) is 12.1 Å². The van der Waals surface area contributed by atoms with Gasteiger partial charge in [0.15, 0.2) is 17.5 Å². The highest BCUT2D eigenvalue weighted by Gasteiger charge is 2.14. The minimum atomic E-state index is -1.59. The second-order valence-electron chi connectivity index (χ2n) is 5.00. The van der Waals surface area contributed by atoms with Gasteiger partial charge in [-0.05, 0) is 47.0 Å². The zero-order valence-corrected chi connectivity index (χ0v) is 11.7. The normalized spacial score (nSPS) is 10.8. The fourth-order valence-electron chi connectivity index (χ4n) is 2.29. The van der Waals surface area contributed by atoms with Gasteiger partial charge in [0.05, 0.1) is 0 Å². The van der Waals surface area contributed by atoms with E-state index in [9.17, 15) is 22.7 Å². The van der Waals surface area contributed by atoms with Crippen molar-refractivity contribution in [1.82, 2.24) is 0 Å². The molecule has 0 unspecified atom stereocenters. The summed E-state index contributed by atoms with van der Waals surface area (Å²) in [6, 6.07) is 11.8. The van der Waals surface area contributed by atoms with Crippen molar-refractivity contribution in [1.29, 1.82) is 0 Å². The summed E-state index contributed by atoms with van der Waals surface area (Å²) in [4.78, 5) is 0. The topological polar surface area (TPSA) is 20.2 Å². The summed E-state index contributed by atoms with van der Waals surface area (Å²) >= 11 is 0. The van der Waals surface area contributed by atoms with Crippen molar-refractivity contribution in [2.45, 2.75) is 0 Å². The molecule has 3 rings (SSSR count). The van der Waals surface area contributed by atoms with Crippen LogP contribution in [0.2, 0.25) is 0 Å². The van der Waals surface area contributed by atoms with Crippen LogP contribution in [-0.2, 0) is 0 Å². The first-order valence-corrected chi connectivity index (χ1v) is 6.69. The Bertz CT molecular complexity index is 850. The number of aromatic hydroxyl groups is 1. The van der Waals surface area contributed by atoms with E-state index in [-0.39, 0.29) is 16.9 Å². The fraction of sp³-hybridized carbons (Fsp3) is 0. The standard InChI is InChI=1S/C18H10F4O/c19-15-7-11(10-1-4-13(23)5-2-10)3-6-14(15)12-8-16(20)18(22)17(21)9-12/h1-9,23H. The van der Waals surface area contributed by atoms with Crippen LogP contribution in [0, 0.1) is 23.3 Å². The summed E-state index contributed by atoms with van der Waals surface area (Å²) in [5.41, 5.74) is 1.08. The van der Waals surface area contributed by atoms with Crippen LogP contribution in [0.1, 0.15) is 0 Å². The van der Waals surface area contributed by atoms with Crippen LogP contribution in [0.5, 0.6) is 5.75 Å². The molecule has 0 saturated heterocycles. The van der Waals surface area contributed by atoms with Gasteiger partial charge in [-0.1, -0.05) is 24.3 Å². The first-order valence-electron chi connectivity index (χ1n) is 6.69. The van der Waals surface area contributed by atoms with E-state index in [2.05, 4.69) is 0 Å². The average molecular weight is 318 g/mol. The summed E-state index contributed by atoms with van der Waals surface area (Å²) in [5.74, 6) is -4.94. The lowest BCUT2D eigenvalue weighted by atomic mass is 9.99. The number of halogens is 4. The first kappa shape index (κ1) is 15.1. The highest BCUT2D eigenvalue weighted by molar-refractivity contribution is 5.71. The molecule has 0 amide bonds. The molecule has 0 bridgehead atoms. The molecule has 0 saturated carbocycles. The number of hydrogen-bond donors (Lipinski definition) is 1. The Morgan fingerprint density at radius 1 is 0.565 bits per heavy atom. The molecule has 0 aliphatic heterocycles. The van der Waals surface area contributed by atoms with Gasteiger partial charge in [-0.15, -0.1) is 0 Å². The van der Waals surface area contributed by atoms with Crippen LogP contribution in [-0.4, -0.2) is 5.11 Å². The van der Waals surface area contributed by atoms with Gasteiger partial charge in [-0.3, -0.25) is 0 Å². The predicted molar refractivity (Wildman–Crippen MR) is 78.8 cm³/mol. The number of hydrogen-bond acceptors (Lipinski definition) is 1. The molecule has 1 nitrogen and oxygen atoms in total. The molecule has 0 heterocycles. The van der Waals surface area contributed by atoms with Crippen molar-refractivity contribution in [2.75, 3.05) is 0 Å². The molecular formula is C18H10F4O. The van der Waals surface area contributed by atoms with E-state index >= 15 is 0 Å². The lowest BCUT2D eigenvalue weighted by Crippen LogP contribution is -1.93. The minimum absolute atomic E-state index is 0.0367. The van der Waals surface area contributed by atoms with Crippen molar-refractivity contribution in [3.05, 3.63) is 77.9 Å². The van der Waals surface area contributed by atoms with E-state index in [1.54, 1.807) is 18.2 Å². The van der Waals surface area contributed by atoms with Gasteiger partial charge in [0.25, 0.3) is 0 Å². The van der Waals surface area contributed by atoms with Crippen LogP contribution < -0.4 is 0 Å².